The Morgan fingerprint density at radius 3 is 2.46 bits per heavy atom. The first-order valence-electron chi connectivity index (χ1n) is 8.08. The monoisotopic (exact) mass is 346 g/mol. The van der Waals surface area contributed by atoms with E-state index in [4.69, 9.17) is 0 Å². The highest BCUT2D eigenvalue weighted by Gasteiger charge is 2.15. The Kier molecular flexibility index (Phi) is 5.03. The predicted molar refractivity (Wildman–Crippen MR) is 101 cm³/mol. The number of ketones is 1. The van der Waals surface area contributed by atoms with Crippen LogP contribution in [-0.2, 0) is 0 Å². The van der Waals surface area contributed by atoms with Crippen LogP contribution in [0.25, 0.3) is 0 Å². The predicted octanol–water partition coefficient (Wildman–Crippen LogP) is 3.70. The van der Waals surface area contributed by atoms with E-state index in [-0.39, 0.29) is 17.4 Å². The fraction of sp³-hybridized carbons (Fsp3) is 0.100. The van der Waals surface area contributed by atoms with Crippen LogP contribution in [0.5, 0.6) is 0 Å². The number of hydrogen-bond acceptors (Lipinski definition) is 5. The van der Waals surface area contributed by atoms with Crippen LogP contribution in [0.2, 0.25) is 0 Å². The summed E-state index contributed by atoms with van der Waals surface area (Å²) in [4.78, 5) is 33.9. The van der Waals surface area contributed by atoms with Gasteiger partial charge in [0, 0.05) is 30.1 Å². The van der Waals surface area contributed by atoms with Crippen molar-refractivity contribution < 1.29 is 9.59 Å². The maximum Gasteiger partial charge on any atom is 0.276 e. The highest BCUT2D eigenvalue weighted by molar-refractivity contribution is 6.04. The normalized spacial score (nSPS) is 10.2. The minimum Gasteiger partial charge on any atom is -0.340 e. The van der Waals surface area contributed by atoms with Crippen molar-refractivity contribution in [2.45, 2.75) is 6.92 Å². The number of amides is 1. The number of carbonyl (C=O) groups excluding carboxylic acids is 2. The molecule has 1 heterocycles. The summed E-state index contributed by atoms with van der Waals surface area (Å²) < 4.78 is 0. The van der Waals surface area contributed by atoms with Gasteiger partial charge in [-0.3, -0.25) is 9.59 Å². The second-order valence-corrected chi connectivity index (χ2v) is 5.75. The summed E-state index contributed by atoms with van der Waals surface area (Å²) in [6.07, 6.45) is 1.34. The van der Waals surface area contributed by atoms with Gasteiger partial charge in [0.2, 0.25) is 0 Å². The lowest BCUT2D eigenvalue weighted by atomic mass is 10.1. The molecule has 0 aliphatic carbocycles. The maximum atomic E-state index is 12.7. The van der Waals surface area contributed by atoms with E-state index in [1.54, 1.807) is 31.3 Å². The number of Topliss-reactive ketones (excluding diaryl/α,β-unsaturated/α-hetero) is 1. The highest BCUT2D eigenvalue weighted by Crippen LogP contribution is 2.18. The molecule has 0 bridgehead atoms. The lowest BCUT2D eigenvalue weighted by Gasteiger charge is -2.17. The molecular weight excluding hydrogens is 328 g/mol. The smallest absolute Gasteiger partial charge is 0.276 e. The van der Waals surface area contributed by atoms with Gasteiger partial charge in [-0.1, -0.05) is 30.3 Å². The second kappa shape index (κ2) is 7.57. The molecule has 3 aromatic rings. The average molecular weight is 346 g/mol. The molecule has 130 valence electrons. The lowest BCUT2D eigenvalue weighted by Crippen LogP contribution is -2.27. The van der Waals surface area contributed by atoms with E-state index in [1.165, 1.54) is 18.2 Å². The molecule has 0 aliphatic heterocycles. The Morgan fingerprint density at radius 2 is 1.73 bits per heavy atom. The third-order valence-corrected chi connectivity index (χ3v) is 3.88. The van der Waals surface area contributed by atoms with Crippen molar-refractivity contribution in [3.05, 3.63) is 78.2 Å². The van der Waals surface area contributed by atoms with Crippen LogP contribution in [0.15, 0.2) is 67.0 Å². The zero-order valence-electron chi connectivity index (χ0n) is 14.5. The van der Waals surface area contributed by atoms with Crippen LogP contribution in [0.3, 0.4) is 0 Å². The fourth-order valence-corrected chi connectivity index (χ4v) is 2.45. The van der Waals surface area contributed by atoms with Gasteiger partial charge in [-0.15, -0.1) is 0 Å². The van der Waals surface area contributed by atoms with E-state index in [0.717, 1.165) is 5.69 Å². The van der Waals surface area contributed by atoms with Crippen molar-refractivity contribution in [2.24, 2.45) is 0 Å². The standard InChI is InChI=1S/C20H18N4O2/c1-14(25)15-7-6-8-16(11-15)23-19-12-18(21-13-22-19)20(26)24(2)17-9-4-3-5-10-17/h3-13H,1-2H3,(H,21,22,23). The number of para-hydroxylation sites is 1. The summed E-state index contributed by atoms with van der Waals surface area (Å²) in [5.41, 5.74) is 2.37. The molecule has 6 nitrogen and oxygen atoms in total. The van der Waals surface area contributed by atoms with Gasteiger partial charge in [0.25, 0.3) is 5.91 Å². The molecule has 1 amide bonds. The Balaban J connectivity index is 1.81. The molecule has 0 aliphatic rings. The average Bonchev–Trinajstić information content (AvgIpc) is 2.68. The highest BCUT2D eigenvalue weighted by atomic mass is 16.2. The molecule has 0 spiro atoms. The molecular formula is C20H18N4O2. The van der Waals surface area contributed by atoms with Crippen molar-refractivity contribution in [2.75, 3.05) is 17.3 Å². The number of nitrogens with zero attached hydrogens (tertiary/aromatic N) is 3. The first-order valence-corrected chi connectivity index (χ1v) is 8.08. The summed E-state index contributed by atoms with van der Waals surface area (Å²) in [6.45, 7) is 1.51. The number of rotatable bonds is 5. The van der Waals surface area contributed by atoms with Crippen molar-refractivity contribution in [3.63, 3.8) is 0 Å². The summed E-state index contributed by atoms with van der Waals surface area (Å²) in [6, 6.07) is 18.0. The summed E-state index contributed by atoms with van der Waals surface area (Å²) in [7, 11) is 1.70. The summed E-state index contributed by atoms with van der Waals surface area (Å²) >= 11 is 0. The van der Waals surface area contributed by atoms with Crippen LogP contribution < -0.4 is 10.2 Å². The minimum absolute atomic E-state index is 0.0170. The number of nitrogens with one attached hydrogen (secondary N) is 1. The Bertz CT molecular complexity index is 941. The van der Waals surface area contributed by atoms with E-state index in [2.05, 4.69) is 15.3 Å². The van der Waals surface area contributed by atoms with Crippen molar-refractivity contribution >= 4 is 28.9 Å². The van der Waals surface area contributed by atoms with E-state index in [1.807, 2.05) is 36.4 Å². The molecule has 0 atom stereocenters. The van der Waals surface area contributed by atoms with Crippen molar-refractivity contribution in [1.29, 1.82) is 0 Å². The Morgan fingerprint density at radius 1 is 0.962 bits per heavy atom. The quantitative estimate of drug-likeness (QED) is 0.713. The van der Waals surface area contributed by atoms with Crippen LogP contribution in [-0.4, -0.2) is 28.7 Å². The van der Waals surface area contributed by atoms with Gasteiger partial charge in [0.15, 0.2) is 5.78 Å². The molecule has 0 fully saturated rings. The van der Waals surface area contributed by atoms with Gasteiger partial charge in [-0.25, -0.2) is 9.97 Å². The van der Waals surface area contributed by atoms with Gasteiger partial charge >= 0.3 is 0 Å². The van der Waals surface area contributed by atoms with Crippen LogP contribution in [0.1, 0.15) is 27.8 Å². The van der Waals surface area contributed by atoms with Gasteiger partial charge in [0.05, 0.1) is 0 Å². The van der Waals surface area contributed by atoms with Crippen LogP contribution in [0, 0.1) is 0 Å². The number of carbonyl (C=O) groups is 2. The molecule has 0 saturated carbocycles. The number of anilines is 3. The zero-order valence-corrected chi connectivity index (χ0v) is 14.5. The first-order chi connectivity index (χ1) is 12.5. The lowest BCUT2D eigenvalue weighted by molar-refractivity contribution is 0.0986. The van der Waals surface area contributed by atoms with Gasteiger partial charge < -0.3 is 10.2 Å². The maximum absolute atomic E-state index is 12.7. The van der Waals surface area contributed by atoms with Crippen molar-refractivity contribution in [3.8, 4) is 0 Å². The Labute approximate surface area is 151 Å². The van der Waals surface area contributed by atoms with Gasteiger partial charge in [-0.2, -0.15) is 0 Å². The molecule has 3 rings (SSSR count). The van der Waals surface area contributed by atoms with Gasteiger partial charge in [0.1, 0.15) is 17.8 Å². The SMILES string of the molecule is CC(=O)c1cccc(Nc2cc(C(=O)N(C)c3ccccc3)ncn2)c1. The molecule has 0 saturated heterocycles. The molecule has 26 heavy (non-hydrogen) atoms. The third-order valence-electron chi connectivity index (χ3n) is 3.88. The van der Waals surface area contributed by atoms with E-state index >= 15 is 0 Å². The molecule has 1 N–H and O–H groups in total. The van der Waals surface area contributed by atoms with Crippen molar-refractivity contribution in [1.82, 2.24) is 9.97 Å². The second-order valence-electron chi connectivity index (χ2n) is 5.75. The van der Waals surface area contributed by atoms with E-state index in [9.17, 15) is 9.59 Å². The molecule has 0 radical (unpaired) electrons. The largest absolute Gasteiger partial charge is 0.340 e. The summed E-state index contributed by atoms with van der Waals surface area (Å²) in [5, 5.41) is 3.10. The number of hydrogen-bond donors (Lipinski definition) is 1. The molecule has 0 unspecified atom stereocenters. The minimum atomic E-state index is -0.237. The zero-order chi connectivity index (χ0) is 18.5. The van der Waals surface area contributed by atoms with Gasteiger partial charge in [-0.05, 0) is 31.2 Å². The third kappa shape index (κ3) is 3.92. The molecule has 2 aromatic carbocycles. The fourth-order valence-electron chi connectivity index (χ4n) is 2.45. The first kappa shape index (κ1) is 17.3. The topological polar surface area (TPSA) is 75.2 Å². The van der Waals surface area contributed by atoms with Crippen LogP contribution in [0.4, 0.5) is 17.2 Å². The number of benzene rings is 2. The summed E-state index contributed by atoms with van der Waals surface area (Å²) in [5.74, 6) is 0.223. The number of aromatic nitrogens is 2. The Hall–Kier alpha value is -3.54. The van der Waals surface area contributed by atoms with Crippen LogP contribution >= 0.6 is 0 Å². The van der Waals surface area contributed by atoms with E-state index < -0.39 is 0 Å². The molecule has 1 aromatic heterocycles. The molecule has 6 heteroatoms. The van der Waals surface area contributed by atoms with E-state index in [0.29, 0.717) is 17.1 Å².